The van der Waals surface area contributed by atoms with Crippen molar-refractivity contribution < 1.29 is 37.2 Å². The van der Waals surface area contributed by atoms with Gasteiger partial charge in [-0.1, -0.05) is 13.2 Å². The molecule has 9 heteroatoms. The summed E-state index contributed by atoms with van der Waals surface area (Å²) in [6, 6.07) is 0. The molecule has 0 atom stereocenters. The Bertz CT molecular complexity index is 514. The Kier molecular flexibility index (Phi) is 14.6. The predicted molar refractivity (Wildman–Crippen MR) is 106 cm³/mol. The van der Waals surface area contributed by atoms with E-state index >= 15 is 0 Å². The molecule has 8 nitrogen and oxygen atoms in total. The Balaban J connectivity index is 3.73. The third-order valence-electron chi connectivity index (χ3n) is 3.46. The van der Waals surface area contributed by atoms with E-state index in [-0.39, 0.29) is 13.2 Å². The first-order valence-corrected chi connectivity index (χ1v) is 10.8. The van der Waals surface area contributed by atoms with Crippen LogP contribution in [0.5, 0.6) is 0 Å². The number of phosphoric acid groups is 1. The third-order valence-corrected chi connectivity index (χ3v) is 4.91. The minimum absolute atomic E-state index is 0.219. The van der Waals surface area contributed by atoms with E-state index in [1.807, 2.05) is 0 Å². The van der Waals surface area contributed by atoms with Gasteiger partial charge >= 0.3 is 19.8 Å². The van der Waals surface area contributed by atoms with Crippen LogP contribution in [0.25, 0.3) is 0 Å². The van der Waals surface area contributed by atoms with Gasteiger partial charge in [-0.25, -0.2) is 14.2 Å². The molecule has 0 aliphatic carbocycles. The summed E-state index contributed by atoms with van der Waals surface area (Å²) in [5.74, 6) is -0.801. The fraction of sp³-hybridized carbons (Fsp3) is 0.684. The molecule has 0 rings (SSSR count). The van der Waals surface area contributed by atoms with Gasteiger partial charge in [-0.05, 0) is 52.4 Å². The monoisotopic (exact) mass is 420 g/mol. The highest BCUT2D eigenvalue weighted by Gasteiger charge is 2.24. The van der Waals surface area contributed by atoms with Gasteiger partial charge in [-0.2, -0.15) is 0 Å². The summed E-state index contributed by atoms with van der Waals surface area (Å²) in [6.07, 6.45) is 4.12. The molecule has 0 aliphatic rings. The zero-order valence-corrected chi connectivity index (χ0v) is 18.1. The van der Waals surface area contributed by atoms with E-state index in [0.717, 1.165) is 12.8 Å². The van der Waals surface area contributed by atoms with Gasteiger partial charge in [0.05, 0.1) is 26.4 Å². The first kappa shape index (κ1) is 26.5. The predicted octanol–water partition coefficient (Wildman–Crippen LogP) is 4.35. The van der Waals surface area contributed by atoms with Crippen molar-refractivity contribution in [2.24, 2.45) is 0 Å². The fourth-order valence-corrected chi connectivity index (χ4v) is 2.82. The zero-order chi connectivity index (χ0) is 21.4. The summed E-state index contributed by atoms with van der Waals surface area (Å²) in [5, 5.41) is 0. The minimum Gasteiger partial charge on any atom is -0.462 e. The largest absolute Gasteiger partial charge is 0.474 e. The van der Waals surface area contributed by atoms with Gasteiger partial charge in [0, 0.05) is 18.3 Å². The summed E-state index contributed by atoms with van der Waals surface area (Å²) in [4.78, 5) is 22.4. The molecule has 0 spiro atoms. The highest BCUT2D eigenvalue weighted by atomic mass is 31.2. The Hall–Kier alpha value is -1.47. The molecule has 0 saturated carbocycles. The first-order valence-electron chi connectivity index (χ1n) is 9.32. The Labute approximate surface area is 167 Å². The maximum absolute atomic E-state index is 12.3. The van der Waals surface area contributed by atoms with Crippen molar-refractivity contribution in [3.8, 4) is 0 Å². The van der Waals surface area contributed by atoms with Crippen molar-refractivity contribution in [2.45, 2.75) is 52.4 Å². The summed E-state index contributed by atoms with van der Waals surface area (Å²) in [7, 11) is -2.29. The van der Waals surface area contributed by atoms with Gasteiger partial charge in [0.15, 0.2) is 0 Å². The molecule has 0 saturated heterocycles. The number of esters is 2. The average molecular weight is 420 g/mol. The maximum Gasteiger partial charge on any atom is 0.474 e. The van der Waals surface area contributed by atoms with Crippen molar-refractivity contribution in [3.63, 3.8) is 0 Å². The van der Waals surface area contributed by atoms with Crippen molar-refractivity contribution >= 4 is 19.8 Å². The molecule has 0 N–H and O–H groups in total. The van der Waals surface area contributed by atoms with Crippen molar-refractivity contribution in [3.05, 3.63) is 24.3 Å². The molecule has 28 heavy (non-hydrogen) atoms. The van der Waals surface area contributed by atoms with Gasteiger partial charge in [0.2, 0.25) is 0 Å². The lowest BCUT2D eigenvalue weighted by Crippen LogP contribution is -2.07. The van der Waals surface area contributed by atoms with Crippen molar-refractivity contribution in [2.75, 3.05) is 33.5 Å². The van der Waals surface area contributed by atoms with Crippen LogP contribution in [-0.2, 0) is 37.2 Å². The highest BCUT2D eigenvalue weighted by Crippen LogP contribution is 2.48. The van der Waals surface area contributed by atoms with Gasteiger partial charge in [-0.15, -0.1) is 0 Å². The van der Waals surface area contributed by atoms with E-state index in [1.54, 1.807) is 13.8 Å². The van der Waals surface area contributed by atoms with Crippen LogP contribution in [0, 0.1) is 0 Å². The van der Waals surface area contributed by atoms with Gasteiger partial charge in [0.25, 0.3) is 0 Å². The van der Waals surface area contributed by atoms with Crippen LogP contribution in [0.3, 0.4) is 0 Å². The molecular weight excluding hydrogens is 387 g/mol. The Morgan fingerprint density at radius 3 is 1.39 bits per heavy atom. The second-order valence-electron chi connectivity index (χ2n) is 6.25. The topological polar surface area (TPSA) is 97.4 Å². The molecule has 0 bridgehead atoms. The second kappa shape index (κ2) is 15.5. The molecule has 0 aromatic carbocycles. The van der Waals surface area contributed by atoms with Gasteiger partial charge in [0.1, 0.15) is 0 Å². The number of phosphoric ester groups is 1. The number of rotatable bonds is 17. The third kappa shape index (κ3) is 13.7. The smallest absolute Gasteiger partial charge is 0.462 e. The average Bonchev–Trinajstić information content (AvgIpc) is 2.65. The summed E-state index contributed by atoms with van der Waals surface area (Å²) >= 11 is 0. The fourth-order valence-electron chi connectivity index (χ4n) is 1.83. The summed E-state index contributed by atoms with van der Waals surface area (Å²) in [6.45, 7) is 11.3. The molecule has 0 amide bonds. The molecule has 0 fully saturated rings. The highest BCUT2D eigenvalue weighted by molar-refractivity contribution is 7.48. The minimum atomic E-state index is -3.56. The zero-order valence-electron chi connectivity index (χ0n) is 17.2. The number of unbranched alkanes of at least 4 members (excludes halogenated alkanes) is 4. The summed E-state index contributed by atoms with van der Waals surface area (Å²) < 4.78 is 37.6. The Morgan fingerprint density at radius 1 is 0.714 bits per heavy atom. The van der Waals surface area contributed by atoms with E-state index in [4.69, 9.17) is 23.0 Å². The lowest BCUT2D eigenvalue weighted by atomic mass is 10.2. The van der Waals surface area contributed by atoms with E-state index in [0.29, 0.717) is 50.0 Å². The lowest BCUT2D eigenvalue weighted by molar-refractivity contribution is -0.139. The Morgan fingerprint density at radius 2 is 1.07 bits per heavy atom. The standard InChI is InChI=1S/C19H33O8P/c1-16(2)18(20)24-12-8-6-10-14-26-28(22,23-5)27-15-11-7-9-13-25-19(21)17(3)4/h1,3,6-15H2,2,4-5H3. The number of hydrogen-bond donors (Lipinski definition) is 0. The second-order valence-corrected chi connectivity index (χ2v) is 8.03. The molecular formula is C19H33O8P. The van der Waals surface area contributed by atoms with E-state index in [1.165, 1.54) is 7.11 Å². The lowest BCUT2D eigenvalue weighted by Gasteiger charge is -2.15. The van der Waals surface area contributed by atoms with Gasteiger partial charge < -0.3 is 9.47 Å². The number of carbonyl (C=O) groups is 2. The van der Waals surface area contributed by atoms with E-state index in [9.17, 15) is 14.2 Å². The van der Waals surface area contributed by atoms with Crippen LogP contribution in [0.2, 0.25) is 0 Å². The molecule has 0 aliphatic heterocycles. The van der Waals surface area contributed by atoms with Crippen LogP contribution in [0.15, 0.2) is 24.3 Å². The van der Waals surface area contributed by atoms with Crippen LogP contribution >= 0.6 is 7.82 Å². The van der Waals surface area contributed by atoms with Gasteiger partial charge in [-0.3, -0.25) is 13.6 Å². The van der Waals surface area contributed by atoms with E-state index < -0.39 is 19.8 Å². The molecule has 0 radical (unpaired) electrons. The molecule has 0 aromatic heterocycles. The SMILES string of the molecule is C=C(C)C(=O)OCCCCCOP(=O)(OC)OCCCCCOC(=O)C(=C)C. The molecule has 0 unspecified atom stereocenters. The number of carbonyl (C=O) groups excluding carboxylic acids is 2. The summed E-state index contributed by atoms with van der Waals surface area (Å²) in [5.41, 5.74) is 0.740. The number of ether oxygens (including phenoxy) is 2. The van der Waals surface area contributed by atoms with Crippen LogP contribution in [-0.4, -0.2) is 45.5 Å². The van der Waals surface area contributed by atoms with Crippen LogP contribution < -0.4 is 0 Å². The number of hydrogen-bond acceptors (Lipinski definition) is 8. The van der Waals surface area contributed by atoms with E-state index in [2.05, 4.69) is 13.2 Å². The molecule has 0 aromatic rings. The van der Waals surface area contributed by atoms with Crippen molar-refractivity contribution in [1.82, 2.24) is 0 Å². The molecule has 0 heterocycles. The first-order chi connectivity index (χ1) is 13.2. The van der Waals surface area contributed by atoms with Crippen LogP contribution in [0.4, 0.5) is 0 Å². The quantitative estimate of drug-likeness (QED) is 0.148. The van der Waals surface area contributed by atoms with Crippen molar-refractivity contribution in [1.29, 1.82) is 0 Å². The normalized spacial score (nSPS) is 11.1. The molecule has 162 valence electrons. The van der Waals surface area contributed by atoms with Crippen LogP contribution in [0.1, 0.15) is 52.4 Å². The maximum atomic E-state index is 12.3.